The molecule has 1 aromatic heterocycles. The molecular weight excluding hydrogens is 297 g/mol. The molecular formula is C9H4INOS. The van der Waals surface area contributed by atoms with Crippen molar-refractivity contribution < 1.29 is 5.11 Å². The lowest BCUT2D eigenvalue weighted by Crippen LogP contribution is -1.80. The third-order valence-electron chi connectivity index (χ3n) is 1.78. The SMILES string of the molecule is N#Cc1c(I)ccc2c(O)csc12. The van der Waals surface area contributed by atoms with Gasteiger partial charge in [-0.1, -0.05) is 0 Å². The van der Waals surface area contributed by atoms with Crippen LogP contribution in [0.25, 0.3) is 10.1 Å². The molecule has 1 N–H and O–H groups in total. The summed E-state index contributed by atoms with van der Waals surface area (Å²) in [7, 11) is 0. The van der Waals surface area contributed by atoms with Gasteiger partial charge in [0.25, 0.3) is 0 Å². The van der Waals surface area contributed by atoms with E-state index >= 15 is 0 Å². The van der Waals surface area contributed by atoms with E-state index < -0.39 is 0 Å². The maximum Gasteiger partial charge on any atom is 0.134 e. The zero-order chi connectivity index (χ0) is 9.42. The van der Waals surface area contributed by atoms with Crippen LogP contribution in [0.2, 0.25) is 0 Å². The minimum Gasteiger partial charge on any atom is -0.506 e. The lowest BCUT2D eigenvalue weighted by atomic mass is 10.2. The van der Waals surface area contributed by atoms with Crippen LogP contribution in [-0.4, -0.2) is 5.11 Å². The Morgan fingerprint density at radius 1 is 1.46 bits per heavy atom. The van der Waals surface area contributed by atoms with Crippen molar-refractivity contribution in [2.75, 3.05) is 0 Å². The van der Waals surface area contributed by atoms with Crippen molar-refractivity contribution in [3.63, 3.8) is 0 Å². The standard InChI is InChI=1S/C9H4INOS/c10-7-2-1-5-8(12)4-13-9(5)6(7)3-11/h1-2,4,12H. The molecule has 64 valence electrons. The number of rotatable bonds is 0. The lowest BCUT2D eigenvalue weighted by Gasteiger charge is -1.96. The lowest BCUT2D eigenvalue weighted by molar-refractivity contribution is 0.483. The van der Waals surface area contributed by atoms with Gasteiger partial charge in [0.15, 0.2) is 0 Å². The highest BCUT2D eigenvalue weighted by Gasteiger charge is 2.09. The average Bonchev–Trinajstić information content (AvgIpc) is 2.48. The fourth-order valence-electron chi connectivity index (χ4n) is 1.17. The summed E-state index contributed by atoms with van der Waals surface area (Å²) < 4.78 is 1.79. The quantitative estimate of drug-likeness (QED) is 0.760. The monoisotopic (exact) mass is 301 g/mol. The van der Waals surface area contributed by atoms with Gasteiger partial charge in [-0.25, -0.2) is 0 Å². The van der Waals surface area contributed by atoms with Crippen molar-refractivity contribution in [3.8, 4) is 11.8 Å². The maximum absolute atomic E-state index is 9.42. The third kappa shape index (κ3) is 1.28. The molecule has 0 unspecified atom stereocenters. The van der Waals surface area contributed by atoms with Gasteiger partial charge >= 0.3 is 0 Å². The summed E-state index contributed by atoms with van der Waals surface area (Å²) in [6.07, 6.45) is 0. The van der Waals surface area contributed by atoms with Crippen LogP contribution in [-0.2, 0) is 0 Å². The molecule has 0 atom stereocenters. The summed E-state index contributed by atoms with van der Waals surface area (Å²) >= 11 is 3.52. The Balaban J connectivity index is 2.95. The van der Waals surface area contributed by atoms with Gasteiger partial charge in [0, 0.05) is 14.3 Å². The third-order valence-corrected chi connectivity index (χ3v) is 3.68. The first-order valence-electron chi connectivity index (χ1n) is 3.53. The largest absolute Gasteiger partial charge is 0.506 e. The van der Waals surface area contributed by atoms with E-state index in [2.05, 4.69) is 28.7 Å². The van der Waals surface area contributed by atoms with Crippen LogP contribution in [0.4, 0.5) is 0 Å². The Kier molecular flexibility index (Phi) is 2.14. The normalized spacial score (nSPS) is 10.2. The Morgan fingerprint density at radius 2 is 2.23 bits per heavy atom. The number of fused-ring (bicyclic) bond motifs is 1. The van der Waals surface area contributed by atoms with E-state index in [0.717, 1.165) is 13.7 Å². The number of hydrogen-bond acceptors (Lipinski definition) is 3. The summed E-state index contributed by atoms with van der Waals surface area (Å²) in [6, 6.07) is 5.82. The Labute approximate surface area is 92.6 Å². The highest BCUT2D eigenvalue weighted by Crippen LogP contribution is 2.35. The van der Waals surface area contributed by atoms with E-state index in [1.165, 1.54) is 11.3 Å². The predicted molar refractivity (Wildman–Crippen MR) is 60.9 cm³/mol. The Bertz CT molecular complexity index is 512. The first kappa shape index (κ1) is 8.78. The van der Waals surface area contributed by atoms with Gasteiger partial charge in [-0.3, -0.25) is 0 Å². The first-order chi connectivity index (χ1) is 6.24. The van der Waals surface area contributed by atoms with Crippen LogP contribution >= 0.6 is 33.9 Å². The van der Waals surface area contributed by atoms with E-state index in [1.54, 1.807) is 5.38 Å². The van der Waals surface area contributed by atoms with Crippen LogP contribution in [0, 0.1) is 14.9 Å². The van der Waals surface area contributed by atoms with Crippen LogP contribution in [0.5, 0.6) is 5.75 Å². The number of benzene rings is 1. The topological polar surface area (TPSA) is 44.0 Å². The van der Waals surface area contributed by atoms with Crippen molar-refractivity contribution in [1.82, 2.24) is 0 Å². The number of nitrogens with zero attached hydrogens (tertiary/aromatic N) is 1. The summed E-state index contributed by atoms with van der Waals surface area (Å²) in [5, 5.41) is 20.7. The summed E-state index contributed by atoms with van der Waals surface area (Å²) in [6.45, 7) is 0. The highest BCUT2D eigenvalue weighted by molar-refractivity contribution is 14.1. The predicted octanol–water partition coefficient (Wildman–Crippen LogP) is 3.08. The zero-order valence-electron chi connectivity index (χ0n) is 6.41. The van der Waals surface area contributed by atoms with Crippen LogP contribution in [0.15, 0.2) is 17.5 Å². The van der Waals surface area contributed by atoms with Gasteiger partial charge < -0.3 is 5.11 Å². The Morgan fingerprint density at radius 3 is 2.92 bits per heavy atom. The Hall–Kier alpha value is -0.800. The van der Waals surface area contributed by atoms with Gasteiger partial charge in [-0.05, 0) is 34.7 Å². The molecule has 2 rings (SSSR count). The molecule has 0 aliphatic carbocycles. The highest BCUT2D eigenvalue weighted by atomic mass is 127. The molecule has 0 radical (unpaired) electrons. The number of halogens is 1. The minimum absolute atomic E-state index is 0.257. The molecule has 2 aromatic rings. The number of aromatic hydroxyl groups is 1. The van der Waals surface area contributed by atoms with E-state index in [1.807, 2.05) is 12.1 Å². The molecule has 0 aliphatic heterocycles. The van der Waals surface area contributed by atoms with Gasteiger partial charge in [0.1, 0.15) is 11.8 Å². The van der Waals surface area contributed by atoms with Crippen molar-refractivity contribution in [3.05, 3.63) is 26.6 Å². The molecule has 0 fully saturated rings. The van der Waals surface area contributed by atoms with Gasteiger partial charge in [0.2, 0.25) is 0 Å². The molecule has 1 heterocycles. The maximum atomic E-state index is 9.42. The molecule has 1 aromatic carbocycles. The van der Waals surface area contributed by atoms with Gasteiger partial charge in [0.05, 0.1) is 10.3 Å². The van der Waals surface area contributed by atoms with Crippen molar-refractivity contribution >= 4 is 44.0 Å². The molecule has 0 spiro atoms. The van der Waals surface area contributed by atoms with E-state index in [4.69, 9.17) is 5.26 Å². The molecule has 0 saturated heterocycles. The second-order valence-corrected chi connectivity index (χ2v) is 4.57. The average molecular weight is 301 g/mol. The smallest absolute Gasteiger partial charge is 0.134 e. The minimum atomic E-state index is 0.257. The molecule has 0 bridgehead atoms. The first-order valence-corrected chi connectivity index (χ1v) is 5.48. The second kappa shape index (κ2) is 3.16. The summed E-state index contributed by atoms with van der Waals surface area (Å²) in [5.41, 5.74) is 0.656. The molecule has 0 amide bonds. The molecule has 0 aliphatic rings. The van der Waals surface area contributed by atoms with Crippen LogP contribution in [0.3, 0.4) is 0 Å². The van der Waals surface area contributed by atoms with E-state index in [0.29, 0.717) is 5.56 Å². The van der Waals surface area contributed by atoms with Gasteiger partial charge in [-0.2, -0.15) is 5.26 Å². The van der Waals surface area contributed by atoms with E-state index in [-0.39, 0.29) is 5.75 Å². The van der Waals surface area contributed by atoms with E-state index in [9.17, 15) is 5.11 Å². The molecule has 2 nitrogen and oxygen atoms in total. The fourth-order valence-corrected chi connectivity index (χ4v) is 2.85. The second-order valence-electron chi connectivity index (χ2n) is 2.53. The van der Waals surface area contributed by atoms with Crippen molar-refractivity contribution in [2.24, 2.45) is 0 Å². The molecule has 13 heavy (non-hydrogen) atoms. The summed E-state index contributed by atoms with van der Waals surface area (Å²) in [5.74, 6) is 0.257. The van der Waals surface area contributed by atoms with Crippen LogP contribution < -0.4 is 0 Å². The zero-order valence-corrected chi connectivity index (χ0v) is 9.39. The number of hydrogen-bond donors (Lipinski definition) is 1. The number of nitriles is 1. The van der Waals surface area contributed by atoms with Crippen molar-refractivity contribution in [1.29, 1.82) is 5.26 Å². The molecule has 4 heteroatoms. The van der Waals surface area contributed by atoms with Gasteiger partial charge in [-0.15, -0.1) is 11.3 Å². The van der Waals surface area contributed by atoms with Crippen molar-refractivity contribution in [2.45, 2.75) is 0 Å². The summed E-state index contributed by atoms with van der Waals surface area (Å²) in [4.78, 5) is 0. The molecule has 0 saturated carbocycles. The number of thiophene rings is 1. The van der Waals surface area contributed by atoms with Crippen LogP contribution in [0.1, 0.15) is 5.56 Å². The fraction of sp³-hybridized carbons (Fsp3) is 0.